The zero-order chi connectivity index (χ0) is 11.4. The number of rotatable bonds is 5. The van der Waals surface area contributed by atoms with E-state index in [-0.39, 0.29) is 10.1 Å². The second-order valence-electron chi connectivity index (χ2n) is 4.42. The molecule has 2 N–H and O–H groups in total. The predicted molar refractivity (Wildman–Crippen MR) is 71.7 cm³/mol. The maximum Gasteiger partial charge on any atom is 0.198 e. The van der Waals surface area contributed by atoms with Crippen molar-refractivity contribution in [3.63, 3.8) is 0 Å². The summed E-state index contributed by atoms with van der Waals surface area (Å²) < 4.78 is 0. The topological polar surface area (TPSA) is 40.5 Å². The average Bonchev–Trinajstić information content (AvgIpc) is 1.94. The minimum absolute atomic E-state index is 0.306. The first kappa shape index (κ1) is 15.0. The Morgan fingerprint density at radius 1 is 1.14 bits per heavy atom. The van der Waals surface area contributed by atoms with Crippen LogP contribution in [0.1, 0.15) is 34.1 Å². The minimum atomic E-state index is -2.91. The Kier molecular flexibility index (Phi) is 7.09. The first-order chi connectivity index (χ1) is 6.23. The van der Waals surface area contributed by atoms with Crippen LogP contribution in [0.2, 0.25) is 0 Å². The molecule has 0 saturated heterocycles. The van der Waals surface area contributed by atoms with Crippen LogP contribution in [0, 0.1) is 11.8 Å². The van der Waals surface area contributed by atoms with Crippen molar-refractivity contribution in [3.05, 3.63) is 0 Å². The summed E-state index contributed by atoms with van der Waals surface area (Å²) >= 11 is 3.96. The van der Waals surface area contributed by atoms with Gasteiger partial charge in [0.2, 0.25) is 0 Å². The summed E-state index contributed by atoms with van der Waals surface area (Å²) in [6.07, 6.45) is 1.05. The van der Waals surface area contributed by atoms with Crippen molar-refractivity contribution < 1.29 is 9.79 Å². The van der Waals surface area contributed by atoms with E-state index in [4.69, 9.17) is 0 Å². The molecule has 2 nitrogen and oxygen atoms in total. The highest BCUT2D eigenvalue weighted by molar-refractivity contribution is 8.65. The molecule has 5 heteroatoms. The van der Waals surface area contributed by atoms with E-state index in [1.165, 1.54) is 0 Å². The lowest BCUT2D eigenvalue weighted by Crippen LogP contribution is -2.10. The van der Waals surface area contributed by atoms with Crippen molar-refractivity contribution in [2.45, 2.75) is 34.1 Å². The highest BCUT2D eigenvalue weighted by Gasteiger charge is 2.12. The molecule has 1 unspecified atom stereocenters. The Labute approximate surface area is 95.4 Å². The van der Waals surface area contributed by atoms with Gasteiger partial charge in [0.15, 0.2) is 5.69 Å². The highest BCUT2D eigenvalue weighted by atomic mass is 32.9. The Bertz CT molecular complexity index is 213. The molecule has 1 atom stereocenters. The van der Waals surface area contributed by atoms with E-state index >= 15 is 0 Å². The molecule has 0 saturated carbocycles. The molecule has 0 aliphatic rings. The molecule has 0 aliphatic carbocycles. The van der Waals surface area contributed by atoms with E-state index in [9.17, 15) is 9.79 Å². The third-order valence-electron chi connectivity index (χ3n) is 1.80. The Hall–Kier alpha value is 1.05. The predicted octanol–water partition coefficient (Wildman–Crippen LogP) is 2.90. The Morgan fingerprint density at radius 2 is 1.64 bits per heavy atom. The van der Waals surface area contributed by atoms with E-state index < -0.39 is 5.69 Å². The van der Waals surface area contributed by atoms with Crippen molar-refractivity contribution >= 4 is 28.0 Å². The molecular weight excluding hydrogens is 235 g/mol. The van der Waals surface area contributed by atoms with Crippen molar-refractivity contribution in [1.29, 1.82) is 0 Å². The van der Waals surface area contributed by atoms with Gasteiger partial charge in [0.25, 0.3) is 0 Å². The van der Waals surface area contributed by atoms with Crippen molar-refractivity contribution in [3.8, 4) is 0 Å². The molecule has 0 spiro atoms. The quantitative estimate of drug-likeness (QED) is 0.524. The van der Waals surface area contributed by atoms with Crippen molar-refractivity contribution in [2.24, 2.45) is 11.8 Å². The van der Waals surface area contributed by atoms with Crippen LogP contribution in [0.15, 0.2) is 0 Å². The molecule has 0 fully saturated rings. The van der Waals surface area contributed by atoms with Crippen LogP contribution in [0.3, 0.4) is 0 Å². The van der Waals surface area contributed by atoms with Crippen LogP contribution in [-0.4, -0.2) is 21.3 Å². The van der Waals surface area contributed by atoms with Gasteiger partial charge in [-0.15, -0.1) is 10.1 Å². The summed E-state index contributed by atoms with van der Waals surface area (Å²) in [7, 11) is -0.306. The monoisotopic (exact) mass is 258 g/mol. The molecular formula is C9H23O2PS2. The first-order valence-electron chi connectivity index (χ1n) is 4.99. The molecule has 0 aromatic rings. The van der Waals surface area contributed by atoms with E-state index in [0.29, 0.717) is 11.8 Å². The van der Waals surface area contributed by atoms with Crippen molar-refractivity contribution in [2.75, 3.05) is 11.5 Å². The fraction of sp³-hybridized carbons (Fsp3) is 1.00. The smallest absolute Gasteiger partial charge is 0.198 e. The normalized spacial score (nSPS) is 15.2. The van der Waals surface area contributed by atoms with Gasteiger partial charge in [-0.3, -0.25) is 0 Å². The fourth-order valence-corrected chi connectivity index (χ4v) is 7.07. The van der Waals surface area contributed by atoms with Gasteiger partial charge in [-0.2, -0.15) is 0 Å². The molecule has 0 rings (SSSR count). The van der Waals surface area contributed by atoms with Crippen LogP contribution >= 0.6 is 17.9 Å². The molecule has 0 aromatic carbocycles. The summed E-state index contributed by atoms with van der Waals surface area (Å²) in [6, 6.07) is 0. The molecule has 0 amide bonds. The van der Waals surface area contributed by atoms with Gasteiger partial charge in [-0.25, -0.2) is 0 Å². The lowest BCUT2D eigenvalue weighted by molar-refractivity contribution is 0.501. The van der Waals surface area contributed by atoms with Gasteiger partial charge in [0.1, 0.15) is 0 Å². The maximum absolute atomic E-state index is 9.58. The van der Waals surface area contributed by atoms with Gasteiger partial charge in [-0.1, -0.05) is 39.9 Å². The fourth-order valence-electron chi connectivity index (χ4n) is 1.06. The van der Waals surface area contributed by atoms with Crippen LogP contribution < -0.4 is 0 Å². The van der Waals surface area contributed by atoms with Gasteiger partial charge in [0, 0.05) is 0 Å². The highest BCUT2D eigenvalue weighted by Crippen LogP contribution is 2.47. The summed E-state index contributed by atoms with van der Waals surface area (Å²) in [5, 5.41) is 0. The lowest BCUT2D eigenvalue weighted by Gasteiger charge is -2.18. The van der Waals surface area contributed by atoms with Crippen LogP contribution in [0.25, 0.3) is 0 Å². The summed E-state index contributed by atoms with van der Waals surface area (Å²) in [4.78, 5) is 19.2. The second kappa shape index (κ2) is 6.59. The Balaban J connectivity index is 4.44. The molecule has 0 bridgehead atoms. The summed E-state index contributed by atoms with van der Waals surface area (Å²) in [5.41, 5.74) is -2.91. The van der Waals surface area contributed by atoms with Gasteiger partial charge in [-0.05, 0) is 29.8 Å². The van der Waals surface area contributed by atoms with Crippen LogP contribution in [0.4, 0.5) is 0 Å². The standard InChI is InChI=1S/C9H23O2PS2/c1-8(2)5-6-14(7-9(3)4)12(10,11)13/h8-11,13H,5-7H2,1-4H3. The maximum atomic E-state index is 9.58. The van der Waals surface area contributed by atoms with E-state index in [2.05, 4.69) is 39.9 Å². The molecule has 14 heavy (non-hydrogen) atoms. The second-order valence-corrected chi connectivity index (χ2v) is 12.7. The van der Waals surface area contributed by atoms with Crippen LogP contribution in [0.5, 0.6) is 0 Å². The lowest BCUT2D eigenvalue weighted by atomic mass is 10.2. The van der Waals surface area contributed by atoms with Crippen LogP contribution in [-0.2, 0) is 10.1 Å². The number of thiol groups is 1. The SMILES string of the molecule is CC(C)CCS(CC(C)C)=P(O)(O)S. The minimum Gasteiger partial charge on any atom is -0.341 e. The van der Waals surface area contributed by atoms with Gasteiger partial charge >= 0.3 is 0 Å². The largest absolute Gasteiger partial charge is 0.341 e. The van der Waals surface area contributed by atoms with Gasteiger partial charge < -0.3 is 9.79 Å². The average molecular weight is 258 g/mol. The molecule has 0 radical (unpaired) electrons. The zero-order valence-electron chi connectivity index (χ0n) is 9.47. The summed E-state index contributed by atoms with van der Waals surface area (Å²) in [6.45, 7) is 8.53. The zero-order valence-corrected chi connectivity index (χ0v) is 12.1. The Morgan fingerprint density at radius 3 is 1.93 bits per heavy atom. The third kappa shape index (κ3) is 7.36. The van der Waals surface area contributed by atoms with E-state index in [1.54, 1.807) is 0 Å². The molecule has 0 heterocycles. The first-order valence-corrected chi connectivity index (χ1v) is 10.0. The molecule has 88 valence electrons. The van der Waals surface area contributed by atoms with E-state index in [1.807, 2.05) is 0 Å². The van der Waals surface area contributed by atoms with Crippen molar-refractivity contribution in [1.82, 2.24) is 0 Å². The number of hydrogen-bond donors (Lipinski definition) is 3. The number of hydrogen-bond acceptors (Lipinski definition) is 0. The van der Waals surface area contributed by atoms with E-state index in [0.717, 1.165) is 17.9 Å². The molecule has 0 aliphatic heterocycles. The molecule has 0 aromatic heterocycles. The van der Waals surface area contributed by atoms with Gasteiger partial charge in [0.05, 0.1) is 0 Å². The third-order valence-corrected chi connectivity index (χ3v) is 9.41. The summed E-state index contributed by atoms with van der Waals surface area (Å²) in [5.74, 6) is 2.92.